The number of hydrogen-bond acceptors (Lipinski definition) is 4. The SMILES string of the molecule is Cc1cc(OCC(=O)NN2C(=O)c3ccccc3C2=O)cc(C)c1Cl. The number of nitrogens with one attached hydrogen (secondary N) is 1. The molecule has 1 aliphatic rings. The van der Waals surface area contributed by atoms with E-state index in [1.165, 1.54) is 12.1 Å². The lowest BCUT2D eigenvalue weighted by molar-refractivity contribution is -0.126. The van der Waals surface area contributed by atoms with Crippen LogP contribution in [-0.4, -0.2) is 29.3 Å². The van der Waals surface area contributed by atoms with Gasteiger partial charge in [0.2, 0.25) is 0 Å². The molecule has 3 amide bonds. The zero-order valence-electron chi connectivity index (χ0n) is 13.6. The fourth-order valence-corrected chi connectivity index (χ4v) is 2.70. The van der Waals surface area contributed by atoms with Crippen LogP contribution in [0.3, 0.4) is 0 Å². The summed E-state index contributed by atoms with van der Waals surface area (Å²) in [6, 6.07) is 9.82. The van der Waals surface area contributed by atoms with E-state index in [-0.39, 0.29) is 17.7 Å². The molecule has 0 aromatic heterocycles. The monoisotopic (exact) mass is 358 g/mol. The van der Waals surface area contributed by atoms with Crippen LogP contribution >= 0.6 is 11.6 Å². The second-order valence-corrected chi connectivity index (χ2v) is 6.06. The fourth-order valence-electron chi connectivity index (χ4n) is 2.59. The first-order valence-corrected chi connectivity index (χ1v) is 7.93. The maximum atomic E-state index is 12.2. The standard InChI is InChI=1S/C18H15ClN2O4/c1-10-7-12(8-11(2)16(10)19)25-9-15(22)20-21-17(23)13-5-3-4-6-14(13)18(21)24/h3-8H,9H2,1-2H3,(H,20,22). The molecule has 1 aliphatic heterocycles. The average Bonchev–Trinajstić information content (AvgIpc) is 2.83. The smallest absolute Gasteiger partial charge is 0.280 e. The zero-order chi connectivity index (χ0) is 18.1. The summed E-state index contributed by atoms with van der Waals surface area (Å²) in [4.78, 5) is 36.4. The van der Waals surface area contributed by atoms with Gasteiger partial charge in [0.15, 0.2) is 6.61 Å². The first kappa shape index (κ1) is 17.0. The van der Waals surface area contributed by atoms with Gasteiger partial charge in [0.25, 0.3) is 17.7 Å². The molecule has 0 radical (unpaired) electrons. The van der Waals surface area contributed by atoms with E-state index < -0.39 is 17.7 Å². The van der Waals surface area contributed by atoms with Crippen molar-refractivity contribution in [2.45, 2.75) is 13.8 Å². The number of benzene rings is 2. The lowest BCUT2D eigenvalue weighted by atomic mass is 10.1. The molecule has 6 nitrogen and oxygen atoms in total. The first-order valence-electron chi connectivity index (χ1n) is 7.55. The van der Waals surface area contributed by atoms with Gasteiger partial charge in [0.1, 0.15) is 5.75 Å². The van der Waals surface area contributed by atoms with Crippen molar-refractivity contribution < 1.29 is 19.1 Å². The van der Waals surface area contributed by atoms with Crippen molar-refractivity contribution in [2.24, 2.45) is 0 Å². The van der Waals surface area contributed by atoms with Crippen LogP contribution in [0.2, 0.25) is 5.02 Å². The number of halogens is 1. The van der Waals surface area contributed by atoms with Crippen LogP contribution in [0.4, 0.5) is 0 Å². The average molecular weight is 359 g/mol. The molecule has 0 aliphatic carbocycles. The van der Waals surface area contributed by atoms with E-state index in [9.17, 15) is 14.4 Å². The maximum absolute atomic E-state index is 12.2. The number of imide groups is 1. The molecule has 0 saturated heterocycles. The highest BCUT2D eigenvalue weighted by atomic mass is 35.5. The van der Waals surface area contributed by atoms with Gasteiger partial charge in [-0.25, -0.2) is 0 Å². The van der Waals surface area contributed by atoms with E-state index in [4.69, 9.17) is 16.3 Å². The molecule has 7 heteroatoms. The Bertz CT molecular complexity index is 836. The Morgan fingerprint density at radius 1 is 1.08 bits per heavy atom. The number of ether oxygens (including phenoxy) is 1. The summed E-state index contributed by atoms with van der Waals surface area (Å²) < 4.78 is 5.42. The van der Waals surface area contributed by atoms with Crippen molar-refractivity contribution in [3.05, 3.63) is 63.7 Å². The van der Waals surface area contributed by atoms with Gasteiger partial charge in [-0.2, -0.15) is 5.01 Å². The highest BCUT2D eigenvalue weighted by molar-refractivity contribution is 6.32. The van der Waals surface area contributed by atoms with Crippen LogP contribution in [0, 0.1) is 13.8 Å². The van der Waals surface area contributed by atoms with E-state index in [0.29, 0.717) is 15.8 Å². The normalized spacial score (nSPS) is 13.0. The Kier molecular flexibility index (Phi) is 4.46. The molecule has 0 fully saturated rings. The van der Waals surface area contributed by atoms with E-state index in [1.807, 2.05) is 13.8 Å². The predicted octanol–water partition coefficient (Wildman–Crippen LogP) is 2.66. The Labute approximate surface area is 149 Å². The third-order valence-electron chi connectivity index (χ3n) is 3.81. The van der Waals surface area contributed by atoms with Gasteiger partial charge in [0, 0.05) is 5.02 Å². The molecule has 1 heterocycles. The van der Waals surface area contributed by atoms with Gasteiger partial charge in [-0.15, -0.1) is 0 Å². The van der Waals surface area contributed by atoms with E-state index in [1.54, 1.807) is 24.3 Å². The molecule has 2 aromatic carbocycles. The van der Waals surface area contributed by atoms with Crippen molar-refractivity contribution in [1.82, 2.24) is 10.4 Å². The van der Waals surface area contributed by atoms with Crippen LogP contribution < -0.4 is 10.2 Å². The summed E-state index contributed by atoms with van der Waals surface area (Å²) in [6.45, 7) is 3.33. The van der Waals surface area contributed by atoms with Crippen LogP contribution in [0.5, 0.6) is 5.75 Å². The number of aryl methyl sites for hydroxylation is 2. The second kappa shape index (κ2) is 6.57. The Morgan fingerprint density at radius 2 is 1.60 bits per heavy atom. The molecule has 1 N–H and O–H groups in total. The van der Waals surface area contributed by atoms with Gasteiger partial charge in [-0.1, -0.05) is 23.7 Å². The van der Waals surface area contributed by atoms with Crippen molar-refractivity contribution in [2.75, 3.05) is 6.61 Å². The fraction of sp³-hybridized carbons (Fsp3) is 0.167. The lowest BCUT2D eigenvalue weighted by Crippen LogP contribution is -2.47. The minimum Gasteiger partial charge on any atom is -0.484 e. The molecule has 0 unspecified atom stereocenters. The molecule has 0 atom stereocenters. The summed E-state index contributed by atoms with van der Waals surface area (Å²) in [6.07, 6.45) is 0. The quantitative estimate of drug-likeness (QED) is 0.852. The van der Waals surface area contributed by atoms with Crippen molar-refractivity contribution >= 4 is 29.3 Å². The van der Waals surface area contributed by atoms with E-state index in [2.05, 4.69) is 5.43 Å². The summed E-state index contributed by atoms with van der Waals surface area (Å²) >= 11 is 6.09. The number of rotatable bonds is 4. The molecule has 128 valence electrons. The van der Waals surface area contributed by atoms with Crippen LogP contribution in [0.15, 0.2) is 36.4 Å². The van der Waals surface area contributed by atoms with Crippen molar-refractivity contribution in [3.8, 4) is 5.75 Å². The number of carbonyl (C=O) groups excluding carboxylic acids is 3. The van der Waals surface area contributed by atoms with Gasteiger partial charge < -0.3 is 4.74 Å². The lowest BCUT2D eigenvalue weighted by Gasteiger charge is -2.15. The van der Waals surface area contributed by atoms with Crippen LogP contribution in [0.1, 0.15) is 31.8 Å². The van der Waals surface area contributed by atoms with Gasteiger partial charge in [0.05, 0.1) is 11.1 Å². The van der Waals surface area contributed by atoms with Gasteiger partial charge >= 0.3 is 0 Å². The second-order valence-electron chi connectivity index (χ2n) is 5.69. The van der Waals surface area contributed by atoms with E-state index in [0.717, 1.165) is 11.1 Å². The number of hydrazine groups is 1. The topological polar surface area (TPSA) is 75.7 Å². The van der Waals surface area contributed by atoms with Gasteiger partial charge in [-0.3, -0.25) is 19.8 Å². The Hall–Kier alpha value is -2.86. The largest absolute Gasteiger partial charge is 0.484 e. The third-order valence-corrected chi connectivity index (χ3v) is 4.41. The van der Waals surface area contributed by atoms with E-state index >= 15 is 0 Å². The summed E-state index contributed by atoms with van der Waals surface area (Å²) in [5, 5.41) is 1.34. The highest BCUT2D eigenvalue weighted by Gasteiger charge is 2.36. The van der Waals surface area contributed by atoms with Crippen molar-refractivity contribution in [1.29, 1.82) is 0 Å². The zero-order valence-corrected chi connectivity index (χ0v) is 14.4. The number of carbonyl (C=O) groups is 3. The predicted molar refractivity (Wildman–Crippen MR) is 91.5 cm³/mol. The molecule has 0 saturated carbocycles. The number of amides is 3. The summed E-state index contributed by atoms with van der Waals surface area (Å²) in [5.74, 6) is -1.25. The minimum absolute atomic E-state index is 0.262. The van der Waals surface area contributed by atoms with Crippen molar-refractivity contribution in [3.63, 3.8) is 0 Å². The molecule has 3 rings (SSSR count). The number of hydrogen-bond donors (Lipinski definition) is 1. The summed E-state index contributed by atoms with van der Waals surface area (Å²) in [7, 11) is 0. The minimum atomic E-state index is -0.611. The molecule has 2 aromatic rings. The summed E-state index contributed by atoms with van der Waals surface area (Å²) in [5.41, 5.74) is 4.47. The number of fused-ring (bicyclic) bond motifs is 1. The van der Waals surface area contributed by atoms with Crippen LogP contribution in [-0.2, 0) is 4.79 Å². The highest BCUT2D eigenvalue weighted by Crippen LogP contribution is 2.26. The molecule has 0 spiro atoms. The molecule has 0 bridgehead atoms. The molecule has 25 heavy (non-hydrogen) atoms. The molecular formula is C18H15ClN2O4. The van der Waals surface area contributed by atoms with Crippen LogP contribution in [0.25, 0.3) is 0 Å². The third kappa shape index (κ3) is 3.21. The van der Waals surface area contributed by atoms with Gasteiger partial charge in [-0.05, 0) is 49.2 Å². The Balaban J connectivity index is 1.64. The Morgan fingerprint density at radius 3 is 2.12 bits per heavy atom. The number of nitrogens with zero attached hydrogens (tertiary/aromatic N) is 1. The maximum Gasteiger partial charge on any atom is 0.280 e. The first-order chi connectivity index (χ1) is 11.9. The molecular weight excluding hydrogens is 344 g/mol.